The fourth-order valence-corrected chi connectivity index (χ4v) is 2.75. The standard InChI is InChI=1S/C13H13NO4S/c1-7-14-10(13(15)16)12(19-7)8-5-4-6-9(17-2)11(8)18-3/h4-6H,1-3H3,(H,15,16). The lowest BCUT2D eigenvalue weighted by molar-refractivity contribution is 0.0692. The number of carboxylic acid groups (broad SMARTS) is 1. The average Bonchev–Trinajstić information content (AvgIpc) is 2.79. The number of aromatic nitrogens is 1. The monoisotopic (exact) mass is 279 g/mol. The van der Waals surface area contributed by atoms with E-state index in [4.69, 9.17) is 9.47 Å². The van der Waals surface area contributed by atoms with Gasteiger partial charge < -0.3 is 14.6 Å². The summed E-state index contributed by atoms with van der Waals surface area (Å²) >= 11 is 1.32. The number of methoxy groups -OCH3 is 2. The molecule has 0 atom stereocenters. The minimum Gasteiger partial charge on any atom is -0.493 e. The number of carboxylic acids is 1. The van der Waals surface area contributed by atoms with Gasteiger partial charge in [0.1, 0.15) is 0 Å². The molecule has 0 aliphatic carbocycles. The lowest BCUT2D eigenvalue weighted by atomic mass is 10.1. The van der Waals surface area contributed by atoms with Gasteiger partial charge in [-0.1, -0.05) is 6.07 Å². The predicted octanol–water partition coefficient (Wildman–Crippen LogP) is 2.83. The largest absolute Gasteiger partial charge is 0.493 e. The molecule has 0 saturated heterocycles. The van der Waals surface area contributed by atoms with Gasteiger partial charge in [0, 0.05) is 5.56 Å². The maximum absolute atomic E-state index is 11.2. The molecule has 0 aliphatic rings. The van der Waals surface area contributed by atoms with Crippen LogP contribution in [0.5, 0.6) is 11.5 Å². The van der Waals surface area contributed by atoms with Gasteiger partial charge in [0.15, 0.2) is 17.2 Å². The number of nitrogens with zero attached hydrogens (tertiary/aromatic N) is 1. The number of aryl methyl sites for hydroxylation is 1. The van der Waals surface area contributed by atoms with E-state index in [1.54, 1.807) is 25.1 Å². The highest BCUT2D eigenvalue weighted by molar-refractivity contribution is 7.15. The third-order valence-corrected chi connectivity index (χ3v) is 3.59. The Balaban J connectivity index is 2.68. The van der Waals surface area contributed by atoms with Crippen LogP contribution in [0.3, 0.4) is 0 Å². The molecule has 0 radical (unpaired) electrons. The SMILES string of the molecule is COc1cccc(-c2sc(C)nc2C(=O)O)c1OC. The lowest BCUT2D eigenvalue weighted by Gasteiger charge is -2.11. The highest BCUT2D eigenvalue weighted by atomic mass is 32.1. The zero-order valence-corrected chi connectivity index (χ0v) is 11.6. The third kappa shape index (κ3) is 2.39. The molecule has 6 heteroatoms. The second-order valence-corrected chi connectivity index (χ2v) is 4.96. The van der Waals surface area contributed by atoms with E-state index in [0.29, 0.717) is 26.9 Å². The van der Waals surface area contributed by atoms with Crippen molar-refractivity contribution in [1.82, 2.24) is 4.98 Å². The molecule has 2 aromatic rings. The zero-order chi connectivity index (χ0) is 14.0. The summed E-state index contributed by atoms with van der Waals surface area (Å²) < 4.78 is 10.5. The minimum absolute atomic E-state index is 0.0362. The summed E-state index contributed by atoms with van der Waals surface area (Å²) in [6.07, 6.45) is 0. The molecule has 0 bridgehead atoms. The zero-order valence-electron chi connectivity index (χ0n) is 10.8. The Bertz CT molecular complexity index is 621. The van der Waals surface area contributed by atoms with Crippen molar-refractivity contribution in [3.63, 3.8) is 0 Å². The molecule has 1 N–H and O–H groups in total. The van der Waals surface area contributed by atoms with Crippen LogP contribution >= 0.6 is 11.3 Å². The number of benzene rings is 1. The van der Waals surface area contributed by atoms with E-state index in [2.05, 4.69) is 4.98 Å². The van der Waals surface area contributed by atoms with E-state index < -0.39 is 5.97 Å². The molecule has 1 aromatic carbocycles. The van der Waals surface area contributed by atoms with Crippen LogP contribution in [0.4, 0.5) is 0 Å². The normalized spacial score (nSPS) is 10.3. The summed E-state index contributed by atoms with van der Waals surface area (Å²) in [5.74, 6) is 0.0164. The smallest absolute Gasteiger partial charge is 0.356 e. The van der Waals surface area contributed by atoms with Crippen LogP contribution in [-0.4, -0.2) is 30.3 Å². The van der Waals surface area contributed by atoms with Crippen molar-refractivity contribution in [3.05, 3.63) is 28.9 Å². The molecular weight excluding hydrogens is 266 g/mol. The van der Waals surface area contributed by atoms with Gasteiger partial charge in [-0.3, -0.25) is 0 Å². The molecule has 0 spiro atoms. The van der Waals surface area contributed by atoms with Gasteiger partial charge in [-0.05, 0) is 19.1 Å². The van der Waals surface area contributed by atoms with Crippen molar-refractivity contribution in [2.24, 2.45) is 0 Å². The van der Waals surface area contributed by atoms with Gasteiger partial charge >= 0.3 is 5.97 Å². The summed E-state index contributed by atoms with van der Waals surface area (Å²) in [7, 11) is 3.06. The van der Waals surface area contributed by atoms with Crippen molar-refractivity contribution >= 4 is 17.3 Å². The Hall–Kier alpha value is -2.08. The average molecular weight is 279 g/mol. The topological polar surface area (TPSA) is 68.7 Å². The van der Waals surface area contributed by atoms with E-state index in [0.717, 1.165) is 0 Å². The second-order valence-electron chi connectivity index (χ2n) is 3.76. The number of ether oxygens (including phenoxy) is 2. The van der Waals surface area contributed by atoms with Crippen LogP contribution in [0.15, 0.2) is 18.2 Å². The van der Waals surface area contributed by atoms with Crippen molar-refractivity contribution < 1.29 is 19.4 Å². The fraction of sp³-hybridized carbons (Fsp3) is 0.231. The van der Waals surface area contributed by atoms with Crippen LogP contribution in [0.1, 0.15) is 15.5 Å². The maximum Gasteiger partial charge on any atom is 0.356 e. The van der Waals surface area contributed by atoms with Gasteiger partial charge in [0.05, 0.1) is 24.1 Å². The second kappa shape index (κ2) is 5.27. The number of hydrogen-bond acceptors (Lipinski definition) is 5. The number of aromatic carboxylic acids is 1. The Morgan fingerprint density at radius 1 is 1.32 bits per heavy atom. The Labute approximate surface area is 114 Å². The highest BCUT2D eigenvalue weighted by Gasteiger charge is 2.21. The van der Waals surface area contributed by atoms with Crippen LogP contribution in [0, 0.1) is 6.92 Å². The van der Waals surface area contributed by atoms with E-state index in [1.165, 1.54) is 25.6 Å². The molecule has 1 heterocycles. The molecule has 0 unspecified atom stereocenters. The maximum atomic E-state index is 11.2. The van der Waals surface area contributed by atoms with Crippen molar-refractivity contribution in [1.29, 1.82) is 0 Å². The van der Waals surface area contributed by atoms with Crippen molar-refractivity contribution in [2.45, 2.75) is 6.92 Å². The number of rotatable bonds is 4. The summed E-state index contributed by atoms with van der Waals surface area (Å²) in [5.41, 5.74) is 0.707. The van der Waals surface area contributed by atoms with Crippen LogP contribution in [0.25, 0.3) is 10.4 Å². The molecule has 0 saturated carbocycles. The number of thiazole rings is 1. The van der Waals surface area contributed by atoms with Gasteiger partial charge in [-0.2, -0.15) is 0 Å². The van der Waals surface area contributed by atoms with Gasteiger partial charge in [-0.25, -0.2) is 9.78 Å². The molecule has 0 fully saturated rings. The number of hydrogen-bond donors (Lipinski definition) is 1. The summed E-state index contributed by atoms with van der Waals surface area (Å²) in [5, 5.41) is 9.89. The first-order valence-electron chi connectivity index (χ1n) is 5.50. The molecule has 100 valence electrons. The highest BCUT2D eigenvalue weighted by Crippen LogP contribution is 2.41. The molecule has 0 aliphatic heterocycles. The first-order valence-corrected chi connectivity index (χ1v) is 6.32. The quantitative estimate of drug-likeness (QED) is 0.932. The van der Waals surface area contributed by atoms with E-state index in [1.807, 2.05) is 0 Å². The van der Waals surface area contributed by atoms with E-state index in [9.17, 15) is 9.90 Å². The van der Waals surface area contributed by atoms with Crippen molar-refractivity contribution in [2.75, 3.05) is 14.2 Å². The van der Waals surface area contributed by atoms with Gasteiger partial charge in [-0.15, -0.1) is 11.3 Å². The summed E-state index contributed by atoms with van der Waals surface area (Å²) in [6, 6.07) is 5.34. The molecule has 2 rings (SSSR count). The molecular formula is C13H13NO4S. The third-order valence-electron chi connectivity index (χ3n) is 2.58. The van der Waals surface area contributed by atoms with E-state index in [-0.39, 0.29) is 5.69 Å². The van der Waals surface area contributed by atoms with Crippen LogP contribution < -0.4 is 9.47 Å². The lowest BCUT2D eigenvalue weighted by Crippen LogP contribution is -2.00. The predicted molar refractivity (Wildman–Crippen MR) is 72.4 cm³/mol. The Morgan fingerprint density at radius 2 is 2.05 bits per heavy atom. The van der Waals surface area contributed by atoms with Crippen LogP contribution in [0.2, 0.25) is 0 Å². The first-order chi connectivity index (χ1) is 9.08. The van der Waals surface area contributed by atoms with Gasteiger partial charge in [0.25, 0.3) is 0 Å². The minimum atomic E-state index is -1.05. The van der Waals surface area contributed by atoms with Crippen molar-refractivity contribution in [3.8, 4) is 21.9 Å². The first kappa shape index (κ1) is 13.4. The molecule has 0 amide bonds. The number of carbonyl (C=O) groups is 1. The summed E-state index contributed by atoms with van der Waals surface area (Å²) in [4.78, 5) is 15.8. The molecule has 5 nitrogen and oxygen atoms in total. The van der Waals surface area contributed by atoms with E-state index >= 15 is 0 Å². The summed E-state index contributed by atoms with van der Waals surface area (Å²) in [6.45, 7) is 1.77. The van der Waals surface area contributed by atoms with Crippen LogP contribution in [-0.2, 0) is 0 Å². The Morgan fingerprint density at radius 3 is 2.63 bits per heavy atom. The fourth-order valence-electron chi connectivity index (χ4n) is 1.82. The molecule has 19 heavy (non-hydrogen) atoms. The number of para-hydroxylation sites is 1. The Kier molecular flexibility index (Phi) is 3.71. The molecule has 1 aromatic heterocycles. The van der Waals surface area contributed by atoms with Gasteiger partial charge in [0.2, 0.25) is 0 Å².